The molecule has 0 radical (unpaired) electrons. The highest BCUT2D eigenvalue weighted by molar-refractivity contribution is 14.1. The Hall–Kier alpha value is -1.89. The zero-order valence-electron chi connectivity index (χ0n) is 17.6. The number of hydrogen-bond acceptors (Lipinski definition) is 4. The Balaban J connectivity index is 1.78. The van der Waals surface area contributed by atoms with E-state index in [-0.39, 0.29) is 23.2 Å². The predicted octanol–water partition coefficient (Wildman–Crippen LogP) is 5.69. The lowest BCUT2D eigenvalue weighted by Crippen LogP contribution is -2.34. The first-order valence-electron chi connectivity index (χ1n) is 9.74. The molecule has 0 heterocycles. The van der Waals surface area contributed by atoms with Gasteiger partial charge in [0, 0.05) is 5.56 Å². The zero-order chi connectivity index (χ0) is 21.4. The molecule has 4 nitrogen and oxygen atoms in total. The third-order valence-corrected chi connectivity index (χ3v) is 6.73. The van der Waals surface area contributed by atoms with E-state index in [1.54, 1.807) is 18.2 Å². The number of ketones is 1. The van der Waals surface area contributed by atoms with E-state index < -0.39 is 5.97 Å². The van der Waals surface area contributed by atoms with Gasteiger partial charge in [0.25, 0.3) is 0 Å². The first-order chi connectivity index (χ1) is 13.5. The minimum atomic E-state index is -0.398. The molecule has 3 rings (SSSR count). The second-order valence-electron chi connectivity index (χ2n) is 8.88. The average Bonchev–Trinajstić information content (AvgIpc) is 2.69. The van der Waals surface area contributed by atoms with Gasteiger partial charge in [-0.2, -0.15) is 0 Å². The maximum absolute atomic E-state index is 12.8. The molecule has 29 heavy (non-hydrogen) atoms. The molecule has 2 aromatic rings. The molecule has 0 saturated carbocycles. The van der Waals surface area contributed by atoms with Crippen LogP contribution in [0.5, 0.6) is 5.75 Å². The topological polar surface area (TPSA) is 52.6 Å². The summed E-state index contributed by atoms with van der Waals surface area (Å²) >= 11 is 2.09. The fraction of sp³-hybridized carbons (Fsp3) is 0.417. The van der Waals surface area contributed by atoms with E-state index >= 15 is 0 Å². The van der Waals surface area contributed by atoms with Crippen LogP contribution in [-0.4, -0.2) is 25.5 Å². The molecular formula is C24H27IO4. The summed E-state index contributed by atoms with van der Waals surface area (Å²) < 4.78 is 11.2. The van der Waals surface area contributed by atoms with Gasteiger partial charge in [-0.3, -0.25) is 4.79 Å². The number of carbonyl (C=O) groups is 2. The molecule has 0 saturated heterocycles. The van der Waals surface area contributed by atoms with Gasteiger partial charge in [-0.1, -0.05) is 39.8 Å². The van der Waals surface area contributed by atoms with E-state index in [0.29, 0.717) is 16.9 Å². The average molecular weight is 506 g/mol. The number of carbonyl (C=O) groups excluding carboxylic acids is 2. The molecule has 154 valence electrons. The molecule has 0 aliphatic heterocycles. The standard InChI is InChI=1S/C24H27IO4/c1-23(2)10-11-24(3,4)18-12-15(6-8-17(18)23)20(26)14-29-21-9-7-16(13-19(21)25)22(27)28-5/h6-9,12-13H,10-11,14H2,1-5H3. The highest BCUT2D eigenvalue weighted by Crippen LogP contribution is 2.45. The summed E-state index contributed by atoms with van der Waals surface area (Å²) in [4.78, 5) is 24.4. The van der Waals surface area contributed by atoms with Crippen molar-refractivity contribution in [2.24, 2.45) is 0 Å². The molecule has 0 N–H and O–H groups in total. The highest BCUT2D eigenvalue weighted by atomic mass is 127. The van der Waals surface area contributed by atoms with Gasteiger partial charge in [0.15, 0.2) is 12.4 Å². The molecule has 0 bridgehead atoms. The molecule has 5 heteroatoms. The minimum Gasteiger partial charge on any atom is -0.484 e. The normalized spacial score (nSPS) is 16.6. The van der Waals surface area contributed by atoms with Crippen molar-refractivity contribution in [3.8, 4) is 5.75 Å². The molecule has 0 spiro atoms. The summed E-state index contributed by atoms with van der Waals surface area (Å²) in [6, 6.07) is 11.1. The summed E-state index contributed by atoms with van der Waals surface area (Å²) in [5.74, 6) is 0.121. The summed E-state index contributed by atoms with van der Waals surface area (Å²) in [7, 11) is 1.35. The van der Waals surface area contributed by atoms with Crippen LogP contribution in [0.15, 0.2) is 36.4 Å². The van der Waals surface area contributed by atoms with Crippen LogP contribution in [0, 0.1) is 3.57 Å². The number of hydrogen-bond donors (Lipinski definition) is 0. The first kappa shape index (κ1) is 21.8. The third-order valence-electron chi connectivity index (χ3n) is 5.89. The Morgan fingerprint density at radius 2 is 1.55 bits per heavy atom. The van der Waals surface area contributed by atoms with Crippen molar-refractivity contribution < 1.29 is 19.1 Å². The van der Waals surface area contributed by atoms with Crippen molar-refractivity contribution in [3.05, 3.63) is 62.2 Å². The SMILES string of the molecule is COC(=O)c1ccc(OCC(=O)c2ccc3c(c2)C(C)(C)CCC3(C)C)c(I)c1. The van der Waals surface area contributed by atoms with Crippen LogP contribution in [0.3, 0.4) is 0 Å². The smallest absolute Gasteiger partial charge is 0.337 e. The van der Waals surface area contributed by atoms with Crippen molar-refractivity contribution in [1.82, 2.24) is 0 Å². The third kappa shape index (κ3) is 4.49. The van der Waals surface area contributed by atoms with Gasteiger partial charge in [0.1, 0.15) is 5.75 Å². The Labute approximate surface area is 186 Å². The number of Topliss-reactive ketones (excluding diaryl/α,β-unsaturated/α-hetero) is 1. The molecule has 0 amide bonds. The largest absolute Gasteiger partial charge is 0.484 e. The van der Waals surface area contributed by atoms with E-state index in [1.165, 1.54) is 18.2 Å². The van der Waals surface area contributed by atoms with E-state index in [1.807, 2.05) is 12.1 Å². The second-order valence-corrected chi connectivity index (χ2v) is 10.0. The highest BCUT2D eigenvalue weighted by Gasteiger charge is 2.37. The monoisotopic (exact) mass is 506 g/mol. The zero-order valence-corrected chi connectivity index (χ0v) is 19.8. The number of halogens is 1. The van der Waals surface area contributed by atoms with Gasteiger partial charge in [-0.25, -0.2) is 4.79 Å². The fourth-order valence-corrected chi connectivity index (χ4v) is 4.52. The molecule has 0 aromatic heterocycles. The number of fused-ring (bicyclic) bond motifs is 1. The lowest BCUT2D eigenvalue weighted by Gasteiger charge is -2.42. The number of rotatable bonds is 5. The minimum absolute atomic E-state index is 0.0455. The van der Waals surface area contributed by atoms with Crippen molar-refractivity contribution in [2.75, 3.05) is 13.7 Å². The summed E-state index contributed by atoms with van der Waals surface area (Å²) in [5, 5.41) is 0. The lowest BCUT2D eigenvalue weighted by molar-refractivity contribution is 0.0600. The van der Waals surface area contributed by atoms with E-state index in [2.05, 4.69) is 56.4 Å². The molecule has 2 aromatic carbocycles. The van der Waals surface area contributed by atoms with E-state index in [0.717, 1.165) is 16.4 Å². The van der Waals surface area contributed by atoms with Crippen LogP contribution in [0.25, 0.3) is 0 Å². The van der Waals surface area contributed by atoms with Gasteiger partial charge in [-0.15, -0.1) is 0 Å². The van der Waals surface area contributed by atoms with Crippen LogP contribution >= 0.6 is 22.6 Å². The van der Waals surface area contributed by atoms with Crippen LogP contribution in [0.1, 0.15) is 72.4 Å². The molecule has 1 aliphatic carbocycles. The Morgan fingerprint density at radius 3 is 2.17 bits per heavy atom. The maximum Gasteiger partial charge on any atom is 0.337 e. The van der Waals surface area contributed by atoms with Gasteiger partial charge in [0.2, 0.25) is 0 Å². The molecule has 1 aliphatic rings. The second kappa shape index (κ2) is 8.09. The van der Waals surface area contributed by atoms with Crippen molar-refractivity contribution in [1.29, 1.82) is 0 Å². The predicted molar refractivity (Wildman–Crippen MR) is 122 cm³/mol. The first-order valence-corrected chi connectivity index (χ1v) is 10.8. The molecular weight excluding hydrogens is 479 g/mol. The maximum atomic E-state index is 12.8. The quantitative estimate of drug-likeness (QED) is 0.297. The Morgan fingerprint density at radius 1 is 0.931 bits per heavy atom. The summed E-state index contributed by atoms with van der Waals surface area (Å²) in [5.41, 5.74) is 3.91. The number of esters is 1. The van der Waals surface area contributed by atoms with Gasteiger partial charge in [0.05, 0.1) is 16.2 Å². The lowest BCUT2D eigenvalue weighted by atomic mass is 9.63. The van der Waals surface area contributed by atoms with Crippen LogP contribution in [0.4, 0.5) is 0 Å². The number of methoxy groups -OCH3 is 1. The molecule has 0 fully saturated rings. The van der Waals surface area contributed by atoms with E-state index in [4.69, 9.17) is 9.47 Å². The van der Waals surface area contributed by atoms with Crippen LogP contribution in [-0.2, 0) is 15.6 Å². The Kier molecular flexibility index (Phi) is 6.08. The van der Waals surface area contributed by atoms with Gasteiger partial charge >= 0.3 is 5.97 Å². The summed E-state index contributed by atoms with van der Waals surface area (Å²) in [6.07, 6.45) is 2.25. The Bertz CT molecular complexity index is 959. The van der Waals surface area contributed by atoms with Gasteiger partial charge < -0.3 is 9.47 Å². The fourth-order valence-electron chi connectivity index (χ4n) is 3.85. The number of ether oxygens (including phenoxy) is 2. The van der Waals surface area contributed by atoms with Crippen LogP contribution in [0.2, 0.25) is 0 Å². The van der Waals surface area contributed by atoms with Crippen molar-refractivity contribution >= 4 is 34.3 Å². The van der Waals surface area contributed by atoms with Crippen molar-refractivity contribution in [2.45, 2.75) is 51.4 Å². The number of benzene rings is 2. The molecule has 0 unspecified atom stereocenters. The molecule has 0 atom stereocenters. The van der Waals surface area contributed by atoms with Crippen LogP contribution < -0.4 is 4.74 Å². The van der Waals surface area contributed by atoms with Gasteiger partial charge in [-0.05, 0) is 81.7 Å². The summed E-state index contributed by atoms with van der Waals surface area (Å²) in [6.45, 7) is 8.99. The van der Waals surface area contributed by atoms with E-state index in [9.17, 15) is 9.59 Å². The van der Waals surface area contributed by atoms with Crippen molar-refractivity contribution in [3.63, 3.8) is 0 Å².